The number of benzene rings is 1. The third kappa shape index (κ3) is 2.09. The van der Waals surface area contributed by atoms with E-state index in [-0.39, 0.29) is 17.4 Å². The lowest BCUT2D eigenvalue weighted by Gasteiger charge is -2.00. The maximum atomic E-state index is 13.5. The number of hydrogen-bond donors (Lipinski definition) is 0. The summed E-state index contributed by atoms with van der Waals surface area (Å²) in [6.45, 7) is 4.00. The Hall–Kier alpha value is -2.22. The molecule has 0 amide bonds. The molecule has 0 fully saturated rings. The fourth-order valence-corrected chi connectivity index (χ4v) is 1.54. The van der Waals surface area contributed by atoms with E-state index in [1.807, 2.05) is 19.9 Å². The highest BCUT2D eigenvalue weighted by molar-refractivity contribution is 5.63. The van der Waals surface area contributed by atoms with Gasteiger partial charge in [0.25, 0.3) is 5.89 Å². The van der Waals surface area contributed by atoms with Gasteiger partial charge in [0.1, 0.15) is 17.4 Å². The Morgan fingerprint density at radius 1 is 1.50 bits per heavy atom. The average Bonchev–Trinajstić information content (AvgIpc) is 2.87. The Bertz CT molecular complexity index is 601. The third-order valence-corrected chi connectivity index (χ3v) is 2.85. The molecule has 1 unspecified atom stereocenters. The van der Waals surface area contributed by atoms with E-state index in [0.717, 1.165) is 6.42 Å². The molecular formula is C13H12FN3O. The summed E-state index contributed by atoms with van der Waals surface area (Å²) in [4.78, 5) is 4.21. The van der Waals surface area contributed by atoms with Crippen LogP contribution in [-0.2, 0) is 0 Å². The number of rotatable bonds is 3. The van der Waals surface area contributed by atoms with Crippen molar-refractivity contribution >= 4 is 0 Å². The van der Waals surface area contributed by atoms with Crippen LogP contribution in [0.3, 0.4) is 0 Å². The van der Waals surface area contributed by atoms with E-state index >= 15 is 0 Å². The van der Waals surface area contributed by atoms with Crippen LogP contribution in [0.1, 0.15) is 37.6 Å². The Balaban J connectivity index is 2.47. The normalized spacial score (nSPS) is 12.1. The Labute approximate surface area is 104 Å². The lowest BCUT2D eigenvalue weighted by molar-refractivity contribution is 0.416. The highest BCUT2D eigenvalue weighted by Gasteiger charge is 2.17. The minimum Gasteiger partial charge on any atom is -0.334 e. The van der Waals surface area contributed by atoms with Crippen molar-refractivity contribution in [2.24, 2.45) is 0 Å². The Morgan fingerprint density at radius 2 is 2.28 bits per heavy atom. The lowest BCUT2D eigenvalue weighted by Crippen LogP contribution is -1.94. The average molecular weight is 245 g/mol. The van der Waals surface area contributed by atoms with Crippen molar-refractivity contribution in [2.45, 2.75) is 26.2 Å². The largest absolute Gasteiger partial charge is 0.334 e. The van der Waals surface area contributed by atoms with Gasteiger partial charge in [0.2, 0.25) is 0 Å². The second kappa shape index (κ2) is 4.96. The van der Waals surface area contributed by atoms with Crippen LogP contribution >= 0.6 is 0 Å². The summed E-state index contributed by atoms with van der Waals surface area (Å²) in [6.07, 6.45) is 0.882. The molecule has 1 heterocycles. The van der Waals surface area contributed by atoms with E-state index in [0.29, 0.717) is 11.4 Å². The van der Waals surface area contributed by atoms with Gasteiger partial charge in [-0.2, -0.15) is 10.2 Å². The first-order chi connectivity index (χ1) is 8.67. The van der Waals surface area contributed by atoms with Gasteiger partial charge in [0, 0.05) is 5.92 Å². The van der Waals surface area contributed by atoms with Crippen LogP contribution in [0.5, 0.6) is 0 Å². The topological polar surface area (TPSA) is 62.7 Å². The Morgan fingerprint density at radius 3 is 2.94 bits per heavy atom. The van der Waals surface area contributed by atoms with Crippen molar-refractivity contribution in [1.29, 1.82) is 5.26 Å². The predicted molar refractivity (Wildman–Crippen MR) is 63.1 cm³/mol. The van der Waals surface area contributed by atoms with Crippen LogP contribution < -0.4 is 0 Å². The fourth-order valence-electron chi connectivity index (χ4n) is 1.54. The minimum absolute atomic E-state index is 0.0724. The summed E-state index contributed by atoms with van der Waals surface area (Å²) in [7, 11) is 0. The van der Waals surface area contributed by atoms with Gasteiger partial charge in [0.15, 0.2) is 5.82 Å². The molecule has 0 bridgehead atoms. The summed E-state index contributed by atoms with van der Waals surface area (Å²) in [5.74, 6) is 0.335. The monoisotopic (exact) mass is 245 g/mol. The van der Waals surface area contributed by atoms with Gasteiger partial charge in [-0.15, -0.1) is 0 Å². The summed E-state index contributed by atoms with van der Waals surface area (Å²) >= 11 is 0. The standard InChI is InChI=1S/C13H12FN3O/c1-3-8(2)12-16-13(18-17-12)9-5-4-6-11(14)10(9)7-15/h4-6,8H,3H2,1-2H3. The van der Waals surface area contributed by atoms with Gasteiger partial charge < -0.3 is 4.52 Å². The van der Waals surface area contributed by atoms with E-state index in [4.69, 9.17) is 9.78 Å². The van der Waals surface area contributed by atoms with Crippen LogP contribution in [0.25, 0.3) is 11.5 Å². The van der Waals surface area contributed by atoms with Crippen molar-refractivity contribution in [1.82, 2.24) is 10.1 Å². The summed E-state index contributed by atoms with van der Waals surface area (Å²) in [6, 6.07) is 6.15. The fraction of sp³-hybridized carbons (Fsp3) is 0.308. The van der Waals surface area contributed by atoms with Crippen LogP contribution in [0, 0.1) is 17.1 Å². The molecule has 0 N–H and O–H groups in total. The first-order valence-corrected chi connectivity index (χ1v) is 5.70. The van der Waals surface area contributed by atoms with Gasteiger partial charge in [-0.1, -0.05) is 25.1 Å². The predicted octanol–water partition coefficient (Wildman–Crippen LogP) is 3.26. The number of halogens is 1. The van der Waals surface area contributed by atoms with Crippen molar-refractivity contribution in [3.05, 3.63) is 35.4 Å². The molecular weight excluding hydrogens is 233 g/mol. The van der Waals surface area contributed by atoms with Crippen LogP contribution in [0.2, 0.25) is 0 Å². The highest BCUT2D eigenvalue weighted by atomic mass is 19.1. The van der Waals surface area contributed by atoms with Crippen LogP contribution in [-0.4, -0.2) is 10.1 Å². The Kier molecular flexibility index (Phi) is 3.38. The van der Waals surface area contributed by atoms with E-state index in [1.165, 1.54) is 12.1 Å². The van der Waals surface area contributed by atoms with Gasteiger partial charge in [0.05, 0.1) is 5.56 Å². The molecule has 0 radical (unpaired) electrons. The summed E-state index contributed by atoms with van der Waals surface area (Å²) in [5, 5.41) is 12.8. The second-order valence-electron chi connectivity index (χ2n) is 4.04. The molecule has 2 rings (SSSR count). The highest BCUT2D eigenvalue weighted by Crippen LogP contribution is 2.25. The molecule has 0 aliphatic rings. The van der Waals surface area contributed by atoms with Crippen molar-refractivity contribution in [3.63, 3.8) is 0 Å². The second-order valence-corrected chi connectivity index (χ2v) is 4.04. The van der Waals surface area contributed by atoms with Gasteiger partial charge in [-0.05, 0) is 18.6 Å². The van der Waals surface area contributed by atoms with Crippen molar-refractivity contribution < 1.29 is 8.91 Å². The van der Waals surface area contributed by atoms with Crippen LogP contribution in [0.15, 0.2) is 22.7 Å². The first kappa shape index (κ1) is 12.2. The number of aromatic nitrogens is 2. The van der Waals surface area contributed by atoms with Crippen LogP contribution in [0.4, 0.5) is 4.39 Å². The molecule has 2 aromatic rings. The molecule has 1 aromatic carbocycles. The molecule has 1 aromatic heterocycles. The molecule has 0 saturated carbocycles. The number of nitriles is 1. The minimum atomic E-state index is -0.585. The maximum absolute atomic E-state index is 13.5. The quantitative estimate of drug-likeness (QED) is 0.832. The SMILES string of the molecule is CCC(C)c1noc(-c2cccc(F)c2C#N)n1. The molecule has 0 spiro atoms. The zero-order valence-corrected chi connectivity index (χ0v) is 10.1. The maximum Gasteiger partial charge on any atom is 0.259 e. The molecule has 0 aliphatic heterocycles. The van der Waals surface area contributed by atoms with Crippen molar-refractivity contribution in [2.75, 3.05) is 0 Å². The summed E-state index contributed by atoms with van der Waals surface area (Å²) < 4.78 is 18.5. The summed E-state index contributed by atoms with van der Waals surface area (Å²) in [5.41, 5.74) is 0.261. The first-order valence-electron chi connectivity index (χ1n) is 5.70. The molecule has 0 aliphatic carbocycles. The lowest BCUT2D eigenvalue weighted by atomic mass is 10.1. The third-order valence-electron chi connectivity index (χ3n) is 2.85. The molecule has 18 heavy (non-hydrogen) atoms. The zero-order chi connectivity index (χ0) is 13.1. The molecule has 5 heteroatoms. The number of hydrogen-bond acceptors (Lipinski definition) is 4. The van der Waals surface area contributed by atoms with E-state index in [2.05, 4.69) is 10.1 Å². The van der Waals surface area contributed by atoms with E-state index < -0.39 is 5.82 Å². The molecule has 0 saturated heterocycles. The van der Waals surface area contributed by atoms with Gasteiger partial charge in [-0.3, -0.25) is 0 Å². The van der Waals surface area contributed by atoms with Gasteiger partial charge >= 0.3 is 0 Å². The van der Waals surface area contributed by atoms with E-state index in [1.54, 1.807) is 6.07 Å². The smallest absolute Gasteiger partial charge is 0.259 e. The molecule has 4 nitrogen and oxygen atoms in total. The molecule has 1 atom stereocenters. The van der Waals surface area contributed by atoms with Crippen molar-refractivity contribution in [3.8, 4) is 17.5 Å². The zero-order valence-electron chi connectivity index (χ0n) is 10.1. The number of nitrogens with zero attached hydrogens (tertiary/aromatic N) is 3. The van der Waals surface area contributed by atoms with E-state index in [9.17, 15) is 4.39 Å². The molecule has 92 valence electrons. The van der Waals surface area contributed by atoms with Gasteiger partial charge in [-0.25, -0.2) is 4.39 Å².